The molecule has 0 radical (unpaired) electrons. The lowest BCUT2D eigenvalue weighted by Crippen LogP contribution is -2.41. The van der Waals surface area contributed by atoms with Gasteiger partial charge in [-0.3, -0.25) is 23.5 Å². The molecule has 13 heteroatoms. The van der Waals surface area contributed by atoms with Crippen LogP contribution in [-0.4, -0.2) is 35.4 Å². The molecular weight excluding hydrogens is 515 g/mol. The van der Waals surface area contributed by atoms with Gasteiger partial charge in [0.2, 0.25) is 5.91 Å². The van der Waals surface area contributed by atoms with E-state index >= 15 is 0 Å². The number of carbonyl (C=O) groups excluding carboxylic acids is 2. The Morgan fingerprint density at radius 2 is 1.94 bits per heavy atom. The van der Waals surface area contributed by atoms with E-state index in [4.69, 9.17) is 23.2 Å². The fourth-order valence-electron chi connectivity index (χ4n) is 3.46. The minimum absolute atomic E-state index is 0.0495. The number of fused-ring (bicyclic) bond motifs is 1. The summed E-state index contributed by atoms with van der Waals surface area (Å²) in [6, 6.07) is 4.26. The number of hydrogen-bond acceptors (Lipinski definition) is 7. The van der Waals surface area contributed by atoms with Crippen LogP contribution in [0.3, 0.4) is 0 Å². The number of aromatic nitrogens is 5. The van der Waals surface area contributed by atoms with Crippen LogP contribution in [0.4, 0.5) is 5.82 Å². The predicted octanol–water partition coefficient (Wildman–Crippen LogP) is 3.51. The number of rotatable bonds is 7. The third kappa shape index (κ3) is 4.66. The minimum Gasteiger partial charge on any atom is -0.312 e. The second kappa shape index (κ2) is 9.76. The summed E-state index contributed by atoms with van der Waals surface area (Å²) in [5, 5.41) is 5.88. The molecule has 3 heterocycles. The zero-order valence-corrected chi connectivity index (χ0v) is 21.2. The number of nitrogens with one attached hydrogen (secondary N) is 1. The van der Waals surface area contributed by atoms with E-state index < -0.39 is 23.2 Å². The van der Waals surface area contributed by atoms with Crippen molar-refractivity contribution in [1.29, 1.82) is 0 Å². The maximum absolute atomic E-state index is 13.1. The molecular formula is C22H20Cl2N6O4S. The topological polar surface area (TPSA) is 121 Å². The van der Waals surface area contributed by atoms with Crippen LogP contribution in [0, 0.1) is 0 Å². The Labute approximate surface area is 212 Å². The number of Topliss-reactive ketones (excluding diaryl/α,β-unsaturated/α-hetero) is 1. The van der Waals surface area contributed by atoms with Crippen LogP contribution in [0.15, 0.2) is 39.5 Å². The van der Waals surface area contributed by atoms with Crippen molar-refractivity contribution in [2.24, 2.45) is 7.05 Å². The van der Waals surface area contributed by atoms with Gasteiger partial charge in [0, 0.05) is 24.4 Å². The van der Waals surface area contributed by atoms with E-state index in [-0.39, 0.29) is 29.9 Å². The highest BCUT2D eigenvalue weighted by molar-refractivity contribution is 7.13. The Bertz CT molecular complexity index is 1590. The Balaban J connectivity index is 1.64. The molecule has 0 bridgehead atoms. The fourth-order valence-corrected chi connectivity index (χ4v) is 4.51. The van der Waals surface area contributed by atoms with Gasteiger partial charge >= 0.3 is 5.69 Å². The van der Waals surface area contributed by atoms with Gasteiger partial charge in [-0.2, -0.15) is 0 Å². The molecule has 1 atom stereocenters. The van der Waals surface area contributed by atoms with Gasteiger partial charge in [0.05, 0.1) is 22.9 Å². The van der Waals surface area contributed by atoms with Crippen molar-refractivity contribution < 1.29 is 9.59 Å². The number of anilines is 1. The van der Waals surface area contributed by atoms with E-state index in [9.17, 15) is 19.2 Å². The van der Waals surface area contributed by atoms with Crippen molar-refractivity contribution in [2.75, 3.05) is 5.32 Å². The number of aryl methyl sites for hydroxylation is 1. The highest BCUT2D eigenvalue weighted by Gasteiger charge is 2.24. The van der Waals surface area contributed by atoms with Crippen molar-refractivity contribution in [1.82, 2.24) is 23.7 Å². The second-order valence-electron chi connectivity index (χ2n) is 7.78. The Morgan fingerprint density at radius 1 is 1.20 bits per heavy atom. The first kappa shape index (κ1) is 24.8. The molecule has 10 nitrogen and oxygen atoms in total. The number of benzene rings is 1. The quantitative estimate of drug-likeness (QED) is 0.387. The fraction of sp³-hybridized carbons (Fsp3) is 0.273. The molecule has 35 heavy (non-hydrogen) atoms. The number of nitrogens with zero attached hydrogens (tertiary/aromatic N) is 5. The zero-order chi connectivity index (χ0) is 25.4. The molecule has 0 aliphatic rings. The number of amides is 1. The molecule has 0 aliphatic carbocycles. The van der Waals surface area contributed by atoms with Gasteiger partial charge < -0.3 is 9.88 Å². The Kier molecular flexibility index (Phi) is 6.93. The van der Waals surface area contributed by atoms with Gasteiger partial charge in [-0.25, -0.2) is 14.8 Å². The summed E-state index contributed by atoms with van der Waals surface area (Å²) in [6.07, 6.45) is 1.51. The molecule has 182 valence electrons. The van der Waals surface area contributed by atoms with Crippen LogP contribution in [0.25, 0.3) is 21.7 Å². The number of carbonyl (C=O) groups is 2. The summed E-state index contributed by atoms with van der Waals surface area (Å²) in [4.78, 5) is 59.2. The summed E-state index contributed by atoms with van der Waals surface area (Å²) in [5.74, 6) is -0.378. The lowest BCUT2D eigenvalue weighted by molar-refractivity contribution is -0.120. The van der Waals surface area contributed by atoms with Gasteiger partial charge in [0.25, 0.3) is 5.56 Å². The normalized spacial score (nSPS) is 12.1. The maximum atomic E-state index is 13.1. The average molecular weight is 535 g/mol. The van der Waals surface area contributed by atoms with Crippen LogP contribution >= 0.6 is 34.5 Å². The number of hydrogen-bond donors (Lipinski definition) is 1. The van der Waals surface area contributed by atoms with Crippen molar-refractivity contribution in [2.45, 2.75) is 32.9 Å². The molecule has 0 fully saturated rings. The molecule has 0 spiro atoms. The van der Waals surface area contributed by atoms with Crippen LogP contribution in [-0.2, 0) is 23.2 Å². The van der Waals surface area contributed by atoms with Crippen molar-refractivity contribution >= 4 is 63.2 Å². The highest BCUT2D eigenvalue weighted by Crippen LogP contribution is 2.31. The van der Waals surface area contributed by atoms with Gasteiger partial charge in [0.1, 0.15) is 16.9 Å². The number of imidazole rings is 1. The van der Waals surface area contributed by atoms with E-state index in [1.165, 1.54) is 33.8 Å². The lowest BCUT2D eigenvalue weighted by atomic mass is 10.2. The summed E-state index contributed by atoms with van der Waals surface area (Å²) < 4.78 is 3.43. The molecule has 4 rings (SSSR count). The molecule has 0 saturated heterocycles. The molecule has 4 aromatic rings. The van der Waals surface area contributed by atoms with Crippen LogP contribution in [0.2, 0.25) is 10.0 Å². The van der Waals surface area contributed by atoms with E-state index in [1.54, 1.807) is 37.4 Å². The summed E-state index contributed by atoms with van der Waals surface area (Å²) in [5.41, 5.74) is -0.410. The smallest absolute Gasteiger partial charge is 0.312 e. The molecule has 1 aromatic carbocycles. The van der Waals surface area contributed by atoms with Crippen molar-refractivity contribution in [3.63, 3.8) is 0 Å². The largest absolute Gasteiger partial charge is 0.332 e. The standard InChI is InChI=1S/C22H20Cl2N6O4S/c1-4-13(31)8-29-21(33)17-18(28(3)22(29)34)25-10-30(17)11(2)19(32)26-16-9-35-20(27-16)12-5-6-14(23)15(24)7-12/h5-7,9-11H,4,8H2,1-3H3,(H,26,32). The molecule has 1 amide bonds. The van der Waals surface area contributed by atoms with Crippen LogP contribution in [0.1, 0.15) is 26.3 Å². The molecule has 0 saturated carbocycles. The monoisotopic (exact) mass is 534 g/mol. The van der Waals surface area contributed by atoms with Crippen LogP contribution < -0.4 is 16.6 Å². The molecule has 0 aliphatic heterocycles. The predicted molar refractivity (Wildman–Crippen MR) is 135 cm³/mol. The number of thiazole rings is 1. The van der Waals surface area contributed by atoms with Gasteiger partial charge in [-0.05, 0) is 19.1 Å². The van der Waals surface area contributed by atoms with Crippen molar-refractivity contribution in [3.05, 3.63) is 60.8 Å². The minimum atomic E-state index is -0.865. The van der Waals surface area contributed by atoms with Gasteiger partial charge in [-0.1, -0.05) is 36.2 Å². The lowest BCUT2D eigenvalue weighted by Gasteiger charge is -2.14. The first-order valence-corrected chi connectivity index (χ1v) is 12.2. The Morgan fingerprint density at radius 3 is 2.63 bits per heavy atom. The SMILES string of the molecule is CCC(=O)Cn1c(=O)c2c(ncn2C(C)C(=O)Nc2csc(-c3ccc(Cl)c(Cl)c3)n2)n(C)c1=O. The zero-order valence-electron chi connectivity index (χ0n) is 18.9. The second-order valence-corrected chi connectivity index (χ2v) is 9.45. The Hall–Kier alpha value is -3.28. The average Bonchev–Trinajstić information content (AvgIpc) is 3.49. The van der Waals surface area contributed by atoms with E-state index in [0.29, 0.717) is 20.9 Å². The maximum Gasteiger partial charge on any atom is 0.332 e. The van der Waals surface area contributed by atoms with Gasteiger partial charge in [-0.15, -0.1) is 11.3 Å². The first-order valence-electron chi connectivity index (χ1n) is 10.5. The summed E-state index contributed by atoms with van der Waals surface area (Å²) in [6.45, 7) is 2.90. The summed E-state index contributed by atoms with van der Waals surface area (Å²) in [7, 11) is 1.46. The first-order chi connectivity index (χ1) is 16.6. The van der Waals surface area contributed by atoms with E-state index in [0.717, 1.165) is 10.1 Å². The summed E-state index contributed by atoms with van der Waals surface area (Å²) >= 11 is 13.4. The number of ketones is 1. The number of halogens is 2. The molecule has 1 unspecified atom stereocenters. The van der Waals surface area contributed by atoms with Crippen molar-refractivity contribution in [3.8, 4) is 10.6 Å². The molecule has 1 N–H and O–H groups in total. The van der Waals surface area contributed by atoms with E-state index in [2.05, 4.69) is 15.3 Å². The third-order valence-corrected chi connectivity index (χ3v) is 7.14. The highest BCUT2D eigenvalue weighted by atomic mass is 35.5. The van der Waals surface area contributed by atoms with Gasteiger partial charge in [0.15, 0.2) is 16.9 Å². The molecule has 3 aromatic heterocycles. The van der Waals surface area contributed by atoms with Crippen LogP contribution in [0.5, 0.6) is 0 Å². The third-order valence-electron chi connectivity index (χ3n) is 5.51. The van der Waals surface area contributed by atoms with E-state index in [1.807, 2.05) is 0 Å².